The smallest absolute Gasteiger partial charge is 0.262 e. The van der Waals surface area contributed by atoms with E-state index in [0.29, 0.717) is 11.4 Å². The number of aryl methyl sites for hydroxylation is 1. The van der Waals surface area contributed by atoms with Gasteiger partial charge in [-0.25, -0.2) is 0 Å². The van der Waals surface area contributed by atoms with Gasteiger partial charge in [0.2, 0.25) is 5.82 Å². The number of rotatable bonds is 2. The van der Waals surface area contributed by atoms with Crippen LogP contribution in [0.4, 0.5) is 0 Å². The summed E-state index contributed by atoms with van der Waals surface area (Å²) in [6.45, 7) is 1.92. The molecule has 3 aromatic rings. The van der Waals surface area contributed by atoms with Crippen molar-refractivity contribution < 1.29 is 9.63 Å². The van der Waals surface area contributed by atoms with E-state index in [-0.39, 0.29) is 11.6 Å². The molecule has 1 N–H and O–H groups in total. The topological polar surface area (TPSA) is 84.9 Å². The molecule has 3 rings (SSSR count). The van der Waals surface area contributed by atoms with E-state index in [9.17, 15) is 5.11 Å². The van der Waals surface area contributed by atoms with Crippen LogP contribution in [0.3, 0.4) is 0 Å². The third-order valence-electron chi connectivity index (χ3n) is 2.72. The monoisotopic (exact) mass is 254 g/mol. The molecule has 3 aromatic heterocycles. The lowest BCUT2D eigenvalue weighted by Gasteiger charge is -1.98. The lowest BCUT2D eigenvalue weighted by atomic mass is 10.1. The Kier molecular flexibility index (Phi) is 2.68. The van der Waals surface area contributed by atoms with E-state index in [1.165, 1.54) is 6.20 Å². The maximum Gasteiger partial charge on any atom is 0.262 e. The second-order valence-corrected chi connectivity index (χ2v) is 4.01. The normalized spacial score (nSPS) is 10.6. The fourth-order valence-electron chi connectivity index (χ4n) is 1.73. The lowest BCUT2D eigenvalue weighted by molar-refractivity contribution is 0.425. The molecule has 0 bridgehead atoms. The van der Waals surface area contributed by atoms with Crippen molar-refractivity contribution >= 4 is 0 Å². The van der Waals surface area contributed by atoms with Crippen LogP contribution in [0.15, 0.2) is 41.4 Å². The van der Waals surface area contributed by atoms with Crippen molar-refractivity contribution in [3.8, 4) is 28.6 Å². The summed E-state index contributed by atoms with van der Waals surface area (Å²) < 4.78 is 5.17. The van der Waals surface area contributed by atoms with E-state index >= 15 is 0 Å². The Hall–Kier alpha value is -2.76. The first-order valence-electron chi connectivity index (χ1n) is 5.64. The molecule has 0 spiro atoms. The second kappa shape index (κ2) is 4.49. The van der Waals surface area contributed by atoms with Gasteiger partial charge in [-0.3, -0.25) is 9.97 Å². The summed E-state index contributed by atoms with van der Waals surface area (Å²) >= 11 is 0. The van der Waals surface area contributed by atoms with Gasteiger partial charge < -0.3 is 9.63 Å². The molecule has 0 fully saturated rings. The summed E-state index contributed by atoms with van der Waals surface area (Å²) in [7, 11) is 0. The highest BCUT2D eigenvalue weighted by Gasteiger charge is 2.14. The Labute approximate surface area is 108 Å². The van der Waals surface area contributed by atoms with E-state index < -0.39 is 0 Å². The van der Waals surface area contributed by atoms with Crippen molar-refractivity contribution in [2.75, 3.05) is 0 Å². The van der Waals surface area contributed by atoms with E-state index in [0.717, 1.165) is 11.1 Å². The van der Waals surface area contributed by atoms with E-state index in [1.807, 2.05) is 13.0 Å². The first-order valence-corrected chi connectivity index (χ1v) is 5.64. The Balaban J connectivity index is 2.06. The zero-order chi connectivity index (χ0) is 13.2. The Bertz CT molecular complexity index is 664. The molecular formula is C13H10N4O2. The largest absolute Gasteiger partial charge is 0.505 e. The van der Waals surface area contributed by atoms with Gasteiger partial charge >= 0.3 is 0 Å². The van der Waals surface area contributed by atoms with Crippen LogP contribution in [0.2, 0.25) is 0 Å². The molecule has 0 amide bonds. The third-order valence-corrected chi connectivity index (χ3v) is 2.72. The molecule has 6 heteroatoms. The molecule has 0 atom stereocenters. The first-order chi connectivity index (χ1) is 9.25. The fraction of sp³-hybridized carbons (Fsp3) is 0.0769. The molecule has 94 valence electrons. The van der Waals surface area contributed by atoms with E-state index in [4.69, 9.17) is 4.52 Å². The van der Waals surface area contributed by atoms with Gasteiger partial charge in [0.1, 0.15) is 5.75 Å². The number of hydrogen-bond acceptors (Lipinski definition) is 6. The van der Waals surface area contributed by atoms with Crippen molar-refractivity contribution in [1.29, 1.82) is 0 Å². The van der Waals surface area contributed by atoms with Crippen LogP contribution in [0, 0.1) is 6.92 Å². The van der Waals surface area contributed by atoms with Crippen LogP contribution in [-0.4, -0.2) is 25.2 Å². The SMILES string of the molecule is Cc1cnccc1-c1noc(-c2ccncc2O)n1. The first kappa shape index (κ1) is 11.3. The van der Waals surface area contributed by atoms with Crippen LogP contribution in [-0.2, 0) is 0 Å². The number of aromatic nitrogens is 4. The molecule has 6 nitrogen and oxygen atoms in total. The van der Waals surface area contributed by atoms with Crippen LogP contribution >= 0.6 is 0 Å². The highest BCUT2D eigenvalue weighted by molar-refractivity contribution is 5.65. The summed E-state index contributed by atoms with van der Waals surface area (Å²) in [5, 5.41) is 13.6. The minimum Gasteiger partial charge on any atom is -0.505 e. The number of aromatic hydroxyl groups is 1. The summed E-state index contributed by atoms with van der Waals surface area (Å²) in [6, 6.07) is 3.43. The van der Waals surface area contributed by atoms with Gasteiger partial charge in [0.05, 0.1) is 11.8 Å². The molecule has 0 saturated heterocycles. The van der Waals surface area contributed by atoms with Gasteiger partial charge in [-0.05, 0) is 24.6 Å². The van der Waals surface area contributed by atoms with Gasteiger partial charge in [-0.2, -0.15) is 4.98 Å². The zero-order valence-corrected chi connectivity index (χ0v) is 10.1. The summed E-state index contributed by atoms with van der Waals surface area (Å²) in [4.78, 5) is 12.1. The molecular weight excluding hydrogens is 244 g/mol. The Morgan fingerprint density at radius 1 is 1.05 bits per heavy atom. The minimum absolute atomic E-state index is 0.00384. The molecule has 3 heterocycles. The van der Waals surface area contributed by atoms with Gasteiger partial charge in [0, 0.05) is 24.2 Å². The predicted molar refractivity (Wildman–Crippen MR) is 67.2 cm³/mol. The summed E-state index contributed by atoms with van der Waals surface area (Å²) in [5.74, 6) is 0.723. The molecule has 0 unspecified atom stereocenters. The highest BCUT2D eigenvalue weighted by Crippen LogP contribution is 2.28. The molecule has 0 saturated carbocycles. The quantitative estimate of drug-likeness (QED) is 0.754. The van der Waals surface area contributed by atoms with Gasteiger partial charge in [0.15, 0.2) is 0 Å². The molecule has 0 aromatic carbocycles. The standard InChI is InChI=1S/C13H10N4O2/c1-8-6-14-4-2-9(8)12-16-13(19-17-12)10-3-5-15-7-11(10)18/h2-7,18H,1H3. The van der Waals surface area contributed by atoms with Crippen LogP contribution < -0.4 is 0 Å². The second-order valence-electron chi connectivity index (χ2n) is 4.01. The molecule has 0 aliphatic heterocycles. The Morgan fingerprint density at radius 2 is 1.79 bits per heavy atom. The predicted octanol–water partition coefficient (Wildman–Crippen LogP) is 2.21. The van der Waals surface area contributed by atoms with E-state index in [2.05, 4.69) is 20.1 Å². The van der Waals surface area contributed by atoms with Crippen molar-refractivity contribution in [3.63, 3.8) is 0 Å². The molecule has 0 aliphatic carbocycles. The van der Waals surface area contributed by atoms with Crippen molar-refractivity contribution in [1.82, 2.24) is 20.1 Å². The van der Waals surface area contributed by atoms with E-state index in [1.54, 1.807) is 24.7 Å². The molecule has 19 heavy (non-hydrogen) atoms. The van der Waals surface area contributed by atoms with Crippen LogP contribution in [0.1, 0.15) is 5.56 Å². The number of pyridine rings is 2. The number of hydrogen-bond donors (Lipinski definition) is 1. The van der Waals surface area contributed by atoms with Gasteiger partial charge in [-0.15, -0.1) is 0 Å². The Morgan fingerprint density at radius 3 is 2.53 bits per heavy atom. The molecule has 0 radical (unpaired) electrons. The van der Waals surface area contributed by atoms with Crippen LogP contribution in [0.25, 0.3) is 22.8 Å². The fourth-order valence-corrected chi connectivity index (χ4v) is 1.73. The van der Waals surface area contributed by atoms with Crippen molar-refractivity contribution in [2.24, 2.45) is 0 Å². The van der Waals surface area contributed by atoms with Crippen molar-refractivity contribution in [3.05, 3.63) is 42.5 Å². The summed E-state index contributed by atoms with van der Waals surface area (Å²) in [5.41, 5.74) is 2.26. The average Bonchev–Trinajstić information content (AvgIpc) is 2.89. The highest BCUT2D eigenvalue weighted by atomic mass is 16.5. The zero-order valence-electron chi connectivity index (χ0n) is 10.1. The third kappa shape index (κ3) is 2.03. The molecule has 0 aliphatic rings. The lowest BCUT2D eigenvalue weighted by Crippen LogP contribution is -1.86. The maximum absolute atomic E-state index is 9.70. The van der Waals surface area contributed by atoms with Crippen LogP contribution in [0.5, 0.6) is 5.75 Å². The average molecular weight is 254 g/mol. The maximum atomic E-state index is 9.70. The van der Waals surface area contributed by atoms with Gasteiger partial charge in [-0.1, -0.05) is 5.16 Å². The van der Waals surface area contributed by atoms with Gasteiger partial charge in [0.25, 0.3) is 5.89 Å². The minimum atomic E-state index is 0.00384. The summed E-state index contributed by atoms with van der Waals surface area (Å²) in [6.07, 6.45) is 6.28. The van der Waals surface area contributed by atoms with Crippen molar-refractivity contribution in [2.45, 2.75) is 6.92 Å². The number of nitrogens with zero attached hydrogens (tertiary/aromatic N) is 4.